The van der Waals surface area contributed by atoms with Gasteiger partial charge in [-0.05, 0) is 30.5 Å². The van der Waals surface area contributed by atoms with Crippen LogP contribution < -0.4 is 10.5 Å². The minimum atomic E-state index is -0.286. The largest absolute Gasteiger partial charge is 0.496 e. The van der Waals surface area contributed by atoms with Crippen LogP contribution in [0.1, 0.15) is 23.9 Å². The summed E-state index contributed by atoms with van der Waals surface area (Å²) in [5, 5.41) is 4.03. The molecule has 2 aromatic carbocycles. The fraction of sp³-hybridized carbons (Fsp3) is 0.222. The van der Waals surface area contributed by atoms with Gasteiger partial charge in [-0.15, -0.1) is 0 Å². The summed E-state index contributed by atoms with van der Waals surface area (Å²) in [6.07, 6.45) is 1.62. The Hall–Kier alpha value is -2.66. The zero-order valence-electron chi connectivity index (χ0n) is 13.0. The fourth-order valence-electron chi connectivity index (χ4n) is 2.41. The van der Waals surface area contributed by atoms with Crippen molar-refractivity contribution < 1.29 is 9.26 Å². The Morgan fingerprint density at radius 1 is 1.09 bits per heavy atom. The van der Waals surface area contributed by atoms with Crippen molar-refractivity contribution in [1.82, 2.24) is 10.1 Å². The van der Waals surface area contributed by atoms with Crippen molar-refractivity contribution in [2.75, 3.05) is 7.11 Å². The summed E-state index contributed by atoms with van der Waals surface area (Å²) >= 11 is 0. The highest BCUT2D eigenvalue weighted by atomic mass is 16.5. The minimum absolute atomic E-state index is 0.286. The van der Waals surface area contributed by atoms with Crippen LogP contribution in [0.15, 0.2) is 59.1 Å². The number of hydrogen-bond acceptors (Lipinski definition) is 5. The molecule has 3 rings (SSSR count). The van der Waals surface area contributed by atoms with Crippen LogP contribution in [0, 0.1) is 0 Å². The molecule has 23 heavy (non-hydrogen) atoms. The Balaban J connectivity index is 1.71. The maximum absolute atomic E-state index is 6.18. The molecule has 0 fully saturated rings. The molecule has 0 unspecified atom stereocenters. The molecule has 1 atom stereocenters. The summed E-state index contributed by atoms with van der Waals surface area (Å²) in [5.74, 6) is 1.65. The standard InChI is InChI=1S/C18H19N3O2/c1-22-16-10-6-5-9-14(16)17-20-18(23-21-17)15(19)12-11-13-7-3-2-4-8-13/h2-10,15H,11-12,19H2,1H3/t15-/m1/s1. The third-order valence-electron chi connectivity index (χ3n) is 3.69. The van der Waals surface area contributed by atoms with Gasteiger partial charge in [-0.25, -0.2) is 0 Å². The smallest absolute Gasteiger partial charge is 0.243 e. The van der Waals surface area contributed by atoms with Gasteiger partial charge in [0.15, 0.2) is 0 Å². The molecule has 0 aliphatic carbocycles. The van der Waals surface area contributed by atoms with Gasteiger partial charge in [-0.2, -0.15) is 4.98 Å². The Bertz CT molecular complexity index is 756. The predicted octanol–water partition coefficient (Wildman–Crippen LogP) is 3.38. The van der Waals surface area contributed by atoms with Gasteiger partial charge >= 0.3 is 0 Å². The Kier molecular flexibility index (Phi) is 4.68. The molecule has 3 aromatic rings. The van der Waals surface area contributed by atoms with E-state index in [1.165, 1.54) is 5.56 Å². The summed E-state index contributed by atoms with van der Waals surface area (Å²) in [5.41, 5.74) is 8.21. The highest BCUT2D eigenvalue weighted by molar-refractivity contribution is 5.63. The molecule has 0 bridgehead atoms. The normalized spacial score (nSPS) is 12.1. The molecule has 2 N–H and O–H groups in total. The van der Waals surface area contributed by atoms with E-state index < -0.39 is 0 Å². The van der Waals surface area contributed by atoms with Gasteiger partial charge in [-0.1, -0.05) is 47.6 Å². The maximum Gasteiger partial charge on any atom is 0.243 e. The number of para-hydroxylation sites is 1. The number of benzene rings is 2. The number of hydrogen-bond donors (Lipinski definition) is 1. The van der Waals surface area contributed by atoms with E-state index in [1.807, 2.05) is 42.5 Å². The number of nitrogens with two attached hydrogens (primary N) is 1. The third-order valence-corrected chi connectivity index (χ3v) is 3.69. The Morgan fingerprint density at radius 2 is 1.83 bits per heavy atom. The summed E-state index contributed by atoms with van der Waals surface area (Å²) in [6, 6.07) is 17.5. The molecular weight excluding hydrogens is 290 g/mol. The van der Waals surface area contributed by atoms with Crippen LogP contribution in [0.4, 0.5) is 0 Å². The number of ether oxygens (including phenoxy) is 1. The first kappa shape index (κ1) is 15.2. The SMILES string of the molecule is COc1ccccc1-c1noc([C@H](N)CCc2ccccc2)n1. The molecule has 0 spiro atoms. The molecule has 118 valence electrons. The van der Waals surface area contributed by atoms with Crippen LogP contribution >= 0.6 is 0 Å². The van der Waals surface area contributed by atoms with E-state index in [1.54, 1.807) is 7.11 Å². The number of aromatic nitrogens is 2. The number of nitrogens with zero attached hydrogens (tertiary/aromatic N) is 2. The molecule has 5 heteroatoms. The van der Waals surface area contributed by atoms with Gasteiger partial charge in [0.05, 0.1) is 18.7 Å². The van der Waals surface area contributed by atoms with E-state index >= 15 is 0 Å². The van der Waals surface area contributed by atoms with Crippen molar-refractivity contribution in [1.29, 1.82) is 0 Å². The summed E-state index contributed by atoms with van der Waals surface area (Å²) in [4.78, 5) is 4.42. The molecule has 0 aliphatic heterocycles. The van der Waals surface area contributed by atoms with Gasteiger partial charge in [0.1, 0.15) is 5.75 Å². The molecule has 0 saturated heterocycles. The van der Waals surface area contributed by atoms with Crippen LogP contribution in [-0.4, -0.2) is 17.3 Å². The van der Waals surface area contributed by atoms with Crippen molar-refractivity contribution in [3.8, 4) is 17.1 Å². The Morgan fingerprint density at radius 3 is 2.61 bits per heavy atom. The summed E-state index contributed by atoms with van der Waals surface area (Å²) in [6.45, 7) is 0. The molecule has 1 heterocycles. The highest BCUT2D eigenvalue weighted by Crippen LogP contribution is 2.28. The zero-order valence-corrected chi connectivity index (χ0v) is 13.0. The lowest BCUT2D eigenvalue weighted by atomic mass is 10.1. The van der Waals surface area contributed by atoms with Gasteiger partial charge in [-0.3, -0.25) is 0 Å². The highest BCUT2D eigenvalue weighted by Gasteiger charge is 2.17. The van der Waals surface area contributed by atoms with Crippen LogP contribution in [0.3, 0.4) is 0 Å². The maximum atomic E-state index is 6.18. The molecular formula is C18H19N3O2. The second-order valence-electron chi connectivity index (χ2n) is 5.29. The minimum Gasteiger partial charge on any atom is -0.496 e. The third kappa shape index (κ3) is 3.57. The first-order valence-electron chi connectivity index (χ1n) is 7.54. The van der Waals surface area contributed by atoms with Crippen molar-refractivity contribution >= 4 is 0 Å². The molecule has 0 radical (unpaired) electrons. The van der Waals surface area contributed by atoms with Crippen LogP contribution in [0.25, 0.3) is 11.4 Å². The molecule has 0 aliphatic rings. The molecule has 0 saturated carbocycles. The van der Waals surface area contributed by atoms with Gasteiger partial charge in [0.25, 0.3) is 0 Å². The van der Waals surface area contributed by atoms with Crippen LogP contribution in [0.2, 0.25) is 0 Å². The molecule has 0 amide bonds. The lowest BCUT2D eigenvalue weighted by Gasteiger charge is -2.06. The van der Waals surface area contributed by atoms with E-state index in [4.69, 9.17) is 15.0 Å². The first-order chi connectivity index (χ1) is 11.3. The average Bonchev–Trinajstić information content (AvgIpc) is 3.10. The molecule has 1 aromatic heterocycles. The fourth-order valence-corrected chi connectivity index (χ4v) is 2.41. The second-order valence-corrected chi connectivity index (χ2v) is 5.29. The van der Waals surface area contributed by atoms with E-state index in [0.29, 0.717) is 17.5 Å². The zero-order chi connectivity index (χ0) is 16.1. The molecule has 5 nitrogen and oxygen atoms in total. The van der Waals surface area contributed by atoms with Crippen molar-refractivity contribution in [2.24, 2.45) is 5.73 Å². The predicted molar refractivity (Wildman–Crippen MR) is 88.0 cm³/mol. The van der Waals surface area contributed by atoms with E-state index in [-0.39, 0.29) is 6.04 Å². The summed E-state index contributed by atoms with van der Waals surface area (Å²) < 4.78 is 10.6. The number of methoxy groups -OCH3 is 1. The second kappa shape index (κ2) is 7.07. The van der Waals surface area contributed by atoms with Gasteiger partial charge < -0.3 is 15.0 Å². The van der Waals surface area contributed by atoms with Gasteiger partial charge in [0.2, 0.25) is 11.7 Å². The van der Waals surface area contributed by atoms with Crippen molar-refractivity contribution in [3.63, 3.8) is 0 Å². The van der Waals surface area contributed by atoms with Gasteiger partial charge in [0, 0.05) is 0 Å². The Labute approximate surface area is 135 Å². The lowest BCUT2D eigenvalue weighted by molar-refractivity contribution is 0.349. The first-order valence-corrected chi connectivity index (χ1v) is 7.54. The average molecular weight is 309 g/mol. The lowest BCUT2D eigenvalue weighted by Crippen LogP contribution is -2.11. The number of aryl methyl sites for hydroxylation is 1. The number of rotatable bonds is 6. The van der Waals surface area contributed by atoms with E-state index in [0.717, 1.165) is 18.4 Å². The topological polar surface area (TPSA) is 74.2 Å². The van der Waals surface area contributed by atoms with Crippen LogP contribution in [-0.2, 0) is 6.42 Å². The quantitative estimate of drug-likeness (QED) is 0.755. The van der Waals surface area contributed by atoms with Crippen LogP contribution in [0.5, 0.6) is 5.75 Å². The van der Waals surface area contributed by atoms with E-state index in [2.05, 4.69) is 22.3 Å². The summed E-state index contributed by atoms with van der Waals surface area (Å²) in [7, 11) is 1.62. The van der Waals surface area contributed by atoms with Crippen molar-refractivity contribution in [3.05, 3.63) is 66.1 Å². The monoisotopic (exact) mass is 309 g/mol. The van der Waals surface area contributed by atoms with E-state index in [9.17, 15) is 0 Å². The van der Waals surface area contributed by atoms with Crippen molar-refractivity contribution in [2.45, 2.75) is 18.9 Å².